The number of nitrogens with zero attached hydrogens (tertiary/aromatic N) is 2. The van der Waals surface area contributed by atoms with E-state index in [2.05, 4.69) is 0 Å². The van der Waals surface area contributed by atoms with E-state index in [1.54, 1.807) is 9.80 Å². The third kappa shape index (κ3) is 6.46. The average Bonchev–Trinajstić information content (AvgIpc) is 2.36. The average molecular weight is 300 g/mol. The molecule has 21 heavy (non-hydrogen) atoms. The highest BCUT2D eigenvalue weighted by atomic mass is 16.6. The summed E-state index contributed by atoms with van der Waals surface area (Å²) < 4.78 is 5.28. The van der Waals surface area contributed by atoms with Crippen LogP contribution in [0.5, 0.6) is 0 Å². The molecule has 1 heterocycles. The largest absolute Gasteiger partial charge is 0.481 e. The Morgan fingerprint density at radius 1 is 1.00 bits per heavy atom. The molecule has 0 aromatic rings. The minimum absolute atomic E-state index is 0.00358. The molecule has 0 spiro atoms. The Balaban J connectivity index is 2.33. The maximum Gasteiger partial charge on any atom is 0.410 e. The number of carboxylic acid groups (broad SMARTS) is 1. The molecule has 0 saturated carbocycles. The van der Waals surface area contributed by atoms with E-state index in [0.717, 1.165) is 0 Å². The number of amides is 2. The van der Waals surface area contributed by atoms with Gasteiger partial charge in [-0.25, -0.2) is 4.79 Å². The van der Waals surface area contributed by atoms with Crippen molar-refractivity contribution < 1.29 is 24.2 Å². The van der Waals surface area contributed by atoms with E-state index in [-0.39, 0.29) is 24.8 Å². The Morgan fingerprint density at radius 2 is 1.52 bits per heavy atom. The van der Waals surface area contributed by atoms with Gasteiger partial charge in [-0.05, 0) is 27.2 Å². The first-order valence-electron chi connectivity index (χ1n) is 7.16. The van der Waals surface area contributed by atoms with Gasteiger partial charge in [-0.3, -0.25) is 9.59 Å². The first kappa shape index (κ1) is 17.3. The molecule has 0 aromatic carbocycles. The number of carbonyl (C=O) groups excluding carboxylic acids is 2. The van der Waals surface area contributed by atoms with Gasteiger partial charge in [0.25, 0.3) is 0 Å². The highest BCUT2D eigenvalue weighted by molar-refractivity contribution is 5.77. The first-order valence-corrected chi connectivity index (χ1v) is 7.16. The SMILES string of the molecule is CC(C)(C)OC(=O)N1CCN(C(=O)CCCC(=O)O)CC1. The number of hydrogen-bond acceptors (Lipinski definition) is 4. The minimum atomic E-state index is -0.891. The standard InChI is InChI=1S/C14H24N2O5/c1-14(2,3)21-13(20)16-9-7-15(8-10-16)11(17)5-4-6-12(18)19/h4-10H2,1-3H3,(H,18,19). The highest BCUT2D eigenvalue weighted by Gasteiger charge is 2.27. The fourth-order valence-corrected chi connectivity index (χ4v) is 2.01. The topological polar surface area (TPSA) is 87.2 Å². The van der Waals surface area contributed by atoms with Crippen LogP contribution in [0.25, 0.3) is 0 Å². The first-order chi connectivity index (χ1) is 9.69. The number of carboxylic acids is 1. The van der Waals surface area contributed by atoms with E-state index < -0.39 is 11.6 Å². The van der Waals surface area contributed by atoms with E-state index in [4.69, 9.17) is 9.84 Å². The summed E-state index contributed by atoms with van der Waals surface area (Å²) in [6, 6.07) is 0. The molecule has 0 aliphatic carbocycles. The third-order valence-electron chi connectivity index (χ3n) is 3.07. The van der Waals surface area contributed by atoms with Gasteiger partial charge in [0, 0.05) is 39.0 Å². The van der Waals surface area contributed by atoms with E-state index in [0.29, 0.717) is 32.6 Å². The smallest absolute Gasteiger partial charge is 0.410 e. The molecule has 1 N–H and O–H groups in total. The molecule has 7 heteroatoms. The molecular formula is C14H24N2O5. The van der Waals surface area contributed by atoms with Crippen molar-refractivity contribution in [2.75, 3.05) is 26.2 Å². The molecule has 0 radical (unpaired) electrons. The summed E-state index contributed by atoms with van der Waals surface area (Å²) in [5.74, 6) is -0.947. The van der Waals surface area contributed by atoms with Gasteiger partial charge in [0.05, 0.1) is 0 Å². The molecule has 1 aliphatic heterocycles. The monoisotopic (exact) mass is 300 g/mol. The van der Waals surface area contributed by atoms with Crippen molar-refractivity contribution in [1.82, 2.24) is 9.80 Å². The Kier molecular flexibility index (Phi) is 5.99. The Labute approximate surface area is 124 Å². The van der Waals surface area contributed by atoms with Crippen molar-refractivity contribution in [2.24, 2.45) is 0 Å². The van der Waals surface area contributed by atoms with Gasteiger partial charge in [-0.1, -0.05) is 0 Å². The molecular weight excluding hydrogens is 276 g/mol. The van der Waals surface area contributed by atoms with Crippen LogP contribution in [-0.2, 0) is 14.3 Å². The summed E-state index contributed by atoms with van der Waals surface area (Å²) in [4.78, 5) is 37.4. The fourth-order valence-electron chi connectivity index (χ4n) is 2.01. The molecule has 0 aromatic heterocycles. The Bertz CT molecular complexity index is 395. The van der Waals surface area contributed by atoms with Crippen LogP contribution in [0.1, 0.15) is 40.0 Å². The second kappa shape index (κ2) is 7.28. The number of ether oxygens (including phenoxy) is 1. The lowest BCUT2D eigenvalue weighted by atomic mass is 10.2. The molecule has 120 valence electrons. The second-order valence-electron chi connectivity index (χ2n) is 6.10. The van der Waals surface area contributed by atoms with Gasteiger partial charge in [0.15, 0.2) is 0 Å². The Morgan fingerprint density at radius 3 is 2.00 bits per heavy atom. The van der Waals surface area contributed by atoms with Gasteiger partial charge in [-0.2, -0.15) is 0 Å². The fraction of sp³-hybridized carbons (Fsp3) is 0.786. The van der Waals surface area contributed by atoms with Crippen LogP contribution in [0.15, 0.2) is 0 Å². The van der Waals surface area contributed by atoms with Crippen molar-refractivity contribution in [3.8, 4) is 0 Å². The van der Waals surface area contributed by atoms with Crippen LogP contribution >= 0.6 is 0 Å². The molecule has 7 nitrogen and oxygen atoms in total. The van der Waals surface area contributed by atoms with Crippen LogP contribution in [0, 0.1) is 0 Å². The zero-order valence-electron chi connectivity index (χ0n) is 12.9. The summed E-state index contributed by atoms with van der Waals surface area (Å²) in [6.07, 6.45) is 0.225. The predicted octanol–water partition coefficient (Wildman–Crippen LogP) is 1.32. The summed E-state index contributed by atoms with van der Waals surface area (Å²) in [6.45, 7) is 7.25. The lowest BCUT2D eigenvalue weighted by molar-refractivity contribution is -0.137. The summed E-state index contributed by atoms with van der Waals surface area (Å²) in [5, 5.41) is 8.54. The molecule has 1 saturated heterocycles. The molecule has 1 fully saturated rings. The second-order valence-corrected chi connectivity index (χ2v) is 6.10. The van der Waals surface area contributed by atoms with E-state index in [1.807, 2.05) is 20.8 Å². The van der Waals surface area contributed by atoms with Crippen molar-refractivity contribution in [2.45, 2.75) is 45.6 Å². The van der Waals surface area contributed by atoms with E-state index in [1.165, 1.54) is 0 Å². The van der Waals surface area contributed by atoms with Crippen molar-refractivity contribution >= 4 is 18.0 Å². The van der Waals surface area contributed by atoms with Crippen LogP contribution in [-0.4, -0.2) is 64.7 Å². The quantitative estimate of drug-likeness (QED) is 0.846. The van der Waals surface area contributed by atoms with Crippen molar-refractivity contribution in [3.05, 3.63) is 0 Å². The zero-order valence-corrected chi connectivity index (χ0v) is 12.9. The van der Waals surface area contributed by atoms with E-state index >= 15 is 0 Å². The normalized spacial score (nSPS) is 15.8. The van der Waals surface area contributed by atoms with Crippen molar-refractivity contribution in [1.29, 1.82) is 0 Å². The van der Waals surface area contributed by atoms with Gasteiger partial charge in [-0.15, -0.1) is 0 Å². The van der Waals surface area contributed by atoms with Crippen LogP contribution < -0.4 is 0 Å². The predicted molar refractivity (Wildman–Crippen MR) is 75.9 cm³/mol. The highest BCUT2D eigenvalue weighted by Crippen LogP contribution is 2.12. The summed E-state index contributed by atoms with van der Waals surface area (Å²) >= 11 is 0. The lowest BCUT2D eigenvalue weighted by Gasteiger charge is -2.35. The molecule has 0 bridgehead atoms. The van der Waals surface area contributed by atoms with Gasteiger partial charge < -0.3 is 19.6 Å². The van der Waals surface area contributed by atoms with Crippen molar-refractivity contribution in [3.63, 3.8) is 0 Å². The summed E-state index contributed by atoms with van der Waals surface area (Å²) in [7, 11) is 0. The summed E-state index contributed by atoms with van der Waals surface area (Å²) in [5.41, 5.74) is -0.527. The molecule has 2 amide bonds. The minimum Gasteiger partial charge on any atom is -0.481 e. The number of rotatable bonds is 4. The van der Waals surface area contributed by atoms with E-state index in [9.17, 15) is 14.4 Å². The van der Waals surface area contributed by atoms with Gasteiger partial charge in [0.1, 0.15) is 5.60 Å². The third-order valence-corrected chi connectivity index (χ3v) is 3.07. The number of hydrogen-bond donors (Lipinski definition) is 1. The van der Waals surface area contributed by atoms with Crippen LogP contribution in [0.2, 0.25) is 0 Å². The molecule has 0 atom stereocenters. The Hall–Kier alpha value is -1.79. The lowest BCUT2D eigenvalue weighted by Crippen LogP contribution is -2.51. The number of piperazine rings is 1. The van der Waals surface area contributed by atoms with Gasteiger partial charge >= 0.3 is 12.1 Å². The van der Waals surface area contributed by atoms with Crippen LogP contribution in [0.3, 0.4) is 0 Å². The molecule has 0 unspecified atom stereocenters. The molecule has 1 aliphatic rings. The number of aliphatic carboxylic acids is 1. The number of carbonyl (C=O) groups is 3. The maximum absolute atomic E-state index is 11.9. The van der Waals surface area contributed by atoms with Gasteiger partial charge in [0.2, 0.25) is 5.91 Å². The maximum atomic E-state index is 11.9. The van der Waals surface area contributed by atoms with Crippen LogP contribution in [0.4, 0.5) is 4.79 Å². The molecule has 1 rings (SSSR count). The zero-order chi connectivity index (χ0) is 16.0.